The first-order chi connectivity index (χ1) is 13.7. The Morgan fingerprint density at radius 1 is 1.11 bits per heavy atom. The van der Waals surface area contributed by atoms with Crippen LogP contribution in [0.4, 0.5) is 0 Å². The quantitative estimate of drug-likeness (QED) is 0.717. The zero-order valence-electron chi connectivity index (χ0n) is 15.6. The van der Waals surface area contributed by atoms with Gasteiger partial charge in [0.2, 0.25) is 5.91 Å². The highest BCUT2D eigenvalue weighted by atomic mass is 16.5. The molecule has 2 atom stereocenters. The van der Waals surface area contributed by atoms with E-state index in [4.69, 9.17) is 4.74 Å². The predicted molar refractivity (Wildman–Crippen MR) is 107 cm³/mol. The van der Waals surface area contributed by atoms with Gasteiger partial charge in [-0.05, 0) is 37.0 Å². The number of carbonyl (C=O) groups is 1. The Balaban J connectivity index is 1.38. The highest BCUT2D eigenvalue weighted by Crippen LogP contribution is 2.23. The Morgan fingerprint density at radius 3 is 2.75 bits per heavy atom. The lowest BCUT2D eigenvalue weighted by Crippen LogP contribution is -2.43. The number of rotatable bonds is 6. The highest BCUT2D eigenvalue weighted by Gasteiger charge is 2.29. The van der Waals surface area contributed by atoms with Crippen molar-refractivity contribution in [3.8, 4) is 0 Å². The summed E-state index contributed by atoms with van der Waals surface area (Å²) in [6, 6.07) is 17.1. The highest BCUT2D eigenvalue weighted by molar-refractivity contribution is 5.79. The van der Waals surface area contributed by atoms with Gasteiger partial charge in [-0.3, -0.25) is 14.2 Å². The number of hydrogen-bond donors (Lipinski definition) is 1. The number of aromatic nitrogens is 2. The van der Waals surface area contributed by atoms with Gasteiger partial charge >= 0.3 is 0 Å². The van der Waals surface area contributed by atoms with Crippen LogP contribution in [0.25, 0.3) is 10.9 Å². The van der Waals surface area contributed by atoms with Crippen LogP contribution in [0, 0.1) is 0 Å². The molecule has 2 aromatic carbocycles. The SMILES string of the molecule is O=C(Cn1cnc2ccccc2c1=O)N[C@@H]1CCC[C@H]1OCc1ccccc1. The van der Waals surface area contributed by atoms with Gasteiger partial charge in [-0.15, -0.1) is 0 Å². The molecule has 1 saturated carbocycles. The van der Waals surface area contributed by atoms with Gasteiger partial charge in [-0.1, -0.05) is 42.5 Å². The summed E-state index contributed by atoms with van der Waals surface area (Å²) in [5.41, 5.74) is 1.55. The Bertz CT molecular complexity index is 1020. The largest absolute Gasteiger partial charge is 0.371 e. The van der Waals surface area contributed by atoms with E-state index in [2.05, 4.69) is 10.3 Å². The number of nitrogens with zero attached hydrogens (tertiary/aromatic N) is 2. The molecule has 1 aliphatic carbocycles. The van der Waals surface area contributed by atoms with E-state index in [1.165, 1.54) is 10.9 Å². The number of ether oxygens (including phenoxy) is 1. The molecule has 4 rings (SSSR count). The average molecular weight is 377 g/mol. The number of amides is 1. The lowest BCUT2D eigenvalue weighted by Gasteiger charge is -2.22. The first kappa shape index (κ1) is 18.4. The summed E-state index contributed by atoms with van der Waals surface area (Å²) in [5.74, 6) is -0.195. The van der Waals surface area contributed by atoms with Gasteiger partial charge in [0.05, 0.1) is 36.0 Å². The Morgan fingerprint density at radius 2 is 1.89 bits per heavy atom. The Labute approximate surface area is 163 Å². The van der Waals surface area contributed by atoms with Crippen LogP contribution >= 0.6 is 0 Å². The minimum atomic E-state index is -0.205. The molecule has 3 aromatic rings. The molecular formula is C22H23N3O3. The molecule has 1 aliphatic rings. The molecule has 6 heteroatoms. The number of carbonyl (C=O) groups excluding carboxylic acids is 1. The van der Waals surface area contributed by atoms with E-state index >= 15 is 0 Å². The van der Waals surface area contributed by atoms with Crippen molar-refractivity contribution in [3.05, 3.63) is 76.8 Å². The molecule has 28 heavy (non-hydrogen) atoms. The average Bonchev–Trinajstić information content (AvgIpc) is 3.16. The molecule has 0 aliphatic heterocycles. The number of para-hydroxylation sites is 1. The molecule has 0 saturated heterocycles. The van der Waals surface area contributed by atoms with Crippen LogP contribution in [0.2, 0.25) is 0 Å². The molecule has 144 valence electrons. The van der Waals surface area contributed by atoms with E-state index < -0.39 is 0 Å². The number of hydrogen-bond acceptors (Lipinski definition) is 4. The second-order valence-corrected chi connectivity index (χ2v) is 7.13. The van der Waals surface area contributed by atoms with Crippen molar-refractivity contribution in [2.24, 2.45) is 0 Å². The first-order valence-corrected chi connectivity index (χ1v) is 9.60. The van der Waals surface area contributed by atoms with Gasteiger partial charge < -0.3 is 10.1 Å². The zero-order chi connectivity index (χ0) is 19.3. The normalized spacial score (nSPS) is 19.0. The van der Waals surface area contributed by atoms with Gasteiger partial charge in [0.25, 0.3) is 5.56 Å². The lowest BCUT2D eigenvalue weighted by atomic mass is 10.2. The summed E-state index contributed by atoms with van der Waals surface area (Å²) in [6.45, 7) is 0.491. The molecule has 0 spiro atoms. The van der Waals surface area contributed by atoms with Gasteiger partial charge in [-0.2, -0.15) is 0 Å². The van der Waals surface area contributed by atoms with Crippen molar-refractivity contribution in [1.82, 2.24) is 14.9 Å². The first-order valence-electron chi connectivity index (χ1n) is 9.60. The number of fused-ring (bicyclic) bond motifs is 1. The molecule has 0 bridgehead atoms. The fraction of sp³-hybridized carbons (Fsp3) is 0.318. The summed E-state index contributed by atoms with van der Waals surface area (Å²) in [6.07, 6.45) is 4.26. The standard InChI is InChI=1S/C22H23N3O3/c26-21(13-25-15-23-18-10-5-4-9-17(18)22(25)27)24-19-11-6-12-20(19)28-14-16-7-2-1-3-8-16/h1-5,7-10,15,19-20H,6,11-14H2,(H,24,26)/t19-,20-/m1/s1. The van der Waals surface area contributed by atoms with Crippen molar-refractivity contribution in [3.63, 3.8) is 0 Å². The molecule has 1 heterocycles. The molecule has 1 aromatic heterocycles. The third-order valence-corrected chi connectivity index (χ3v) is 5.15. The fourth-order valence-electron chi connectivity index (χ4n) is 3.69. The van der Waals surface area contributed by atoms with Crippen molar-refractivity contribution < 1.29 is 9.53 Å². The zero-order valence-corrected chi connectivity index (χ0v) is 15.6. The number of nitrogens with one attached hydrogen (secondary N) is 1. The van der Waals surface area contributed by atoms with E-state index in [0.29, 0.717) is 17.5 Å². The smallest absolute Gasteiger partial charge is 0.261 e. The molecule has 1 fully saturated rings. The molecule has 6 nitrogen and oxygen atoms in total. The maximum atomic E-state index is 12.5. The van der Waals surface area contributed by atoms with Gasteiger partial charge in [0.1, 0.15) is 6.54 Å². The van der Waals surface area contributed by atoms with Gasteiger partial charge in [0.15, 0.2) is 0 Å². The minimum absolute atomic E-state index is 0.00407. The minimum Gasteiger partial charge on any atom is -0.371 e. The predicted octanol–water partition coefficient (Wildman–Crippen LogP) is 2.65. The van der Waals surface area contributed by atoms with Gasteiger partial charge in [-0.25, -0.2) is 4.98 Å². The topological polar surface area (TPSA) is 73.2 Å². The third kappa shape index (κ3) is 4.12. The van der Waals surface area contributed by atoms with E-state index in [-0.39, 0.29) is 30.2 Å². The molecule has 0 unspecified atom stereocenters. The number of benzene rings is 2. The summed E-state index contributed by atoms with van der Waals surface area (Å²) in [5, 5.41) is 3.55. The fourth-order valence-corrected chi connectivity index (χ4v) is 3.69. The van der Waals surface area contributed by atoms with Crippen molar-refractivity contribution in [2.45, 2.75) is 44.6 Å². The van der Waals surface area contributed by atoms with Crippen molar-refractivity contribution >= 4 is 16.8 Å². The van der Waals surface area contributed by atoms with Crippen molar-refractivity contribution in [2.75, 3.05) is 0 Å². The molecule has 1 N–H and O–H groups in total. The van der Waals surface area contributed by atoms with Crippen LogP contribution in [0.15, 0.2) is 65.7 Å². The molecule has 1 amide bonds. The van der Waals surface area contributed by atoms with Crippen molar-refractivity contribution in [1.29, 1.82) is 0 Å². The van der Waals surface area contributed by atoms with Crippen LogP contribution in [0.5, 0.6) is 0 Å². The van der Waals surface area contributed by atoms with Crippen LogP contribution in [-0.2, 0) is 22.7 Å². The van der Waals surface area contributed by atoms with Crippen LogP contribution in [-0.4, -0.2) is 27.6 Å². The van der Waals surface area contributed by atoms with Gasteiger partial charge in [0, 0.05) is 0 Å². The summed E-state index contributed by atoms with van der Waals surface area (Å²) < 4.78 is 7.39. The summed E-state index contributed by atoms with van der Waals surface area (Å²) >= 11 is 0. The summed E-state index contributed by atoms with van der Waals surface area (Å²) in [4.78, 5) is 29.3. The van der Waals surface area contributed by atoms with E-state index in [0.717, 1.165) is 24.8 Å². The monoisotopic (exact) mass is 377 g/mol. The maximum absolute atomic E-state index is 12.5. The summed E-state index contributed by atoms with van der Waals surface area (Å²) in [7, 11) is 0. The second kappa shape index (κ2) is 8.35. The lowest BCUT2D eigenvalue weighted by molar-refractivity contribution is -0.123. The molecule has 0 radical (unpaired) electrons. The maximum Gasteiger partial charge on any atom is 0.261 e. The molecular weight excluding hydrogens is 354 g/mol. The van der Waals surface area contributed by atoms with E-state index in [1.54, 1.807) is 18.2 Å². The van der Waals surface area contributed by atoms with E-state index in [1.807, 2.05) is 36.4 Å². The van der Waals surface area contributed by atoms with Crippen LogP contribution in [0.1, 0.15) is 24.8 Å². The van der Waals surface area contributed by atoms with Crippen LogP contribution in [0.3, 0.4) is 0 Å². The Kier molecular flexibility index (Phi) is 5.48. The van der Waals surface area contributed by atoms with E-state index in [9.17, 15) is 9.59 Å². The van der Waals surface area contributed by atoms with Crippen LogP contribution < -0.4 is 10.9 Å². The second-order valence-electron chi connectivity index (χ2n) is 7.13. The third-order valence-electron chi connectivity index (χ3n) is 5.15. The Hall–Kier alpha value is -2.99.